The second-order valence-corrected chi connectivity index (χ2v) is 8.81. The Kier molecular flexibility index (Phi) is 5.74. The summed E-state index contributed by atoms with van der Waals surface area (Å²) in [5.74, 6) is 0.345. The molecule has 144 valence electrons. The predicted octanol–water partition coefficient (Wildman–Crippen LogP) is 2.43. The summed E-state index contributed by atoms with van der Waals surface area (Å²) in [5, 5.41) is 3.17. The molecule has 1 saturated heterocycles. The summed E-state index contributed by atoms with van der Waals surface area (Å²) in [5.41, 5.74) is 2.45. The SMILES string of the molecule is CCc1ccccc1Nc1ncc(C(=O)N(CC)C2CCS(=O)(=O)C2)cn1. The first-order valence-corrected chi connectivity index (χ1v) is 10.9. The minimum absolute atomic E-state index is 0.0286. The van der Waals surface area contributed by atoms with Crippen LogP contribution in [0.3, 0.4) is 0 Å². The largest absolute Gasteiger partial charge is 0.335 e. The van der Waals surface area contributed by atoms with E-state index in [-0.39, 0.29) is 23.5 Å². The van der Waals surface area contributed by atoms with Gasteiger partial charge in [0.15, 0.2) is 9.84 Å². The summed E-state index contributed by atoms with van der Waals surface area (Å²) < 4.78 is 23.4. The Hall–Kier alpha value is -2.48. The zero-order chi connectivity index (χ0) is 19.4. The fourth-order valence-electron chi connectivity index (χ4n) is 3.33. The quantitative estimate of drug-likeness (QED) is 0.817. The number of carbonyl (C=O) groups excluding carboxylic acids is 1. The molecule has 0 aliphatic carbocycles. The molecule has 7 nitrogen and oxygen atoms in total. The molecule has 1 unspecified atom stereocenters. The molecular formula is C19H24N4O3S. The van der Waals surface area contributed by atoms with E-state index < -0.39 is 9.84 Å². The highest BCUT2D eigenvalue weighted by Crippen LogP contribution is 2.21. The Morgan fingerprint density at radius 1 is 1.22 bits per heavy atom. The normalized spacial score (nSPS) is 18.2. The Labute approximate surface area is 159 Å². The van der Waals surface area contributed by atoms with Crippen LogP contribution in [0.15, 0.2) is 36.7 Å². The minimum atomic E-state index is -3.05. The minimum Gasteiger partial charge on any atom is -0.335 e. The van der Waals surface area contributed by atoms with Gasteiger partial charge in [-0.05, 0) is 31.4 Å². The molecule has 1 aromatic heterocycles. The third-order valence-electron chi connectivity index (χ3n) is 4.79. The number of aromatic nitrogens is 2. The number of hydrogen-bond acceptors (Lipinski definition) is 6. The smallest absolute Gasteiger partial charge is 0.257 e. The molecule has 1 aromatic carbocycles. The van der Waals surface area contributed by atoms with Gasteiger partial charge in [-0.1, -0.05) is 25.1 Å². The van der Waals surface area contributed by atoms with Gasteiger partial charge in [-0.15, -0.1) is 0 Å². The summed E-state index contributed by atoms with van der Waals surface area (Å²) in [4.78, 5) is 22.9. The van der Waals surface area contributed by atoms with Gasteiger partial charge >= 0.3 is 0 Å². The van der Waals surface area contributed by atoms with Crippen LogP contribution in [0, 0.1) is 0 Å². The van der Waals surface area contributed by atoms with E-state index in [1.165, 1.54) is 12.4 Å². The fourth-order valence-corrected chi connectivity index (χ4v) is 5.06. The maximum atomic E-state index is 12.8. The maximum Gasteiger partial charge on any atom is 0.257 e. The third-order valence-corrected chi connectivity index (χ3v) is 6.54. The third kappa shape index (κ3) is 4.44. The van der Waals surface area contributed by atoms with Crippen LogP contribution < -0.4 is 5.32 Å². The molecule has 8 heteroatoms. The van der Waals surface area contributed by atoms with Crippen LogP contribution in [0.1, 0.15) is 36.2 Å². The second kappa shape index (κ2) is 8.04. The molecule has 1 aliphatic heterocycles. The summed E-state index contributed by atoms with van der Waals surface area (Å²) in [7, 11) is -3.05. The zero-order valence-corrected chi connectivity index (χ0v) is 16.4. The molecule has 1 aliphatic rings. The molecule has 0 bridgehead atoms. The molecule has 0 radical (unpaired) electrons. The van der Waals surface area contributed by atoms with Gasteiger partial charge in [0.05, 0.1) is 17.1 Å². The van der Waals surface area contributed by atoms with Crippen molar-refractivity contribution in [1.82, 2.24) is 14.9 Å². The number of nitrogens with zero attached hydrogens (tertiary/aromatic N) is 3. The average molecular weight is 388 g/mol. The van der Waals surface area contributed by atoms with Crippen LogP contribution >= 0.6 is 0 Å². The Balaban J connectivity index is 1.73. The average Bonchev–Trinajstić information content (AvgIpc) is 3.03. The summed E-state index contributed by atoms with van der Waals surface area (Å²) in [6.07, 6.45) is 4.34. The number of nitrogens with one attached hydrogen (secondary N) is 1. The van der Waals surface area contributed by atoms with Crippen molar-refractivity contribution in [1.29, 1.82) is 0 Å². The van der Waals surface area contributed by atoms with E-state index in [1.54, 1.807) is 4.90 Å². The first kappa shape index (κ1) is 19.3. The van der Waals surface area contributed by atoms with E-state index in [1.807, 2.05) is 31.2 Å². The highest BCUT2D eigenvalue weighted by Gasteiger charge is 2.34. The monoisotopic (exact) mass is 388 g/mol. The molecule has 2 aromatic rings. The van der Waals surface area contributed by atoms with Crippen molar-refractivity contribution in [3.05, 3.63) is 47.8 Å². The van der Waals surface area contributed by atoms with Gasteiger partial charge in [0.1, 0.15) is 0 Å². The number of carbonyl (C=O) groups is 1. The number of sulfone groups is 1. The molecule has 0 spiro atoms. The number of hydrogen-bond donors (Lipinski definition) is 1. The molecular weight excluding hydrogens is 364 g/mol. The molecule has 3 rings (SSSR count). The predicted molar refractivity (Wildman–Crippen MR) is 105 cm³/mol. The molecule has 1 amide bonds. The molecule has 1 fully saturated rings. The van der Waals surface area contributed by atoms with Crippen LogP contribution in [-0.2, 0) is 16.3 Å². The number of amides is 1. The Morgan fingerprint density at radius 3 is 2.52 bits per heavy atom. The summed E-state index contributed by atoms with van der Waals surface area (Å²) in [6.45, 7) is 4.37. The van der Waals surface area contributed by atoms with Gasteiger partial charge in [0.2, 0.25) is 5.95 Å². The van der Waals surface area contributed by atoms with Gasteiger partial charge in [0.25, 0.3) is 5.91 Å². The van der Waals surface area contributed by atoms with E-state index in [2.05, 4.69) is 22.2 Å². The lowest BCUT2D eigenvalue weighted by Gasteiger charge is -2.26. The topological polar surface area (TPSA) is 92.3 Å². The molecule has 1 N–H and O–H groups in total. The summed E-state index contributed by atoms with van der Waals surface area (Å²) >= 11 is 0. The van der Waals surface area contributed by atoms with Crippen molar-refractivity contribution < 1.29 is 13.2 Å². The van der Waals surface area contributed by atoms with Crippen molar-refractivity contribution in [3.8, 4) is 0 Å². The first-order chi connectivity index (χ1) is 12.9. The number of para-hydroxylation sites is 1. The molecule has 0 saturated carbocycles. The van der Waals surface area contributed by atoms with Crippen molar-refractivity contribution in [2.24, 2.45) is 0 Å². The van der Waals surface area contributed by atoms with Gasteiger partial charge in [-0.3, -0.25) is 4.79 Å². The van der Waals surface area contributed by atoms with Gasteiger partial charge in [-0.2, -0.15) is 0 Å². The van der Waals surface area contributed by atoms with E-state index in [9.17, 15) is 13.2 Å². The number of aryl methyl sites for hydroxylation is 1. The number of rotatable bonds is 6. The van der Waals surface area contributed by atoms with Crippen LogP contribution in [0.25, 0.3) is 0 Å². The first-order valence-electron chi connectivity index (χ1n) is 9.12. The van der Waals surface area contributed by atoms with E-state index >= 15 is 0 Å². The molecule has 27 heavy (non-hydrogen) atoms. The van der Waals surface area contributed by atoms with Gasteiger partial charge in [0, 0.05) is 30.7 Å². The number of benzene rings is 1. The number of anilines is 2. The highest BCUT2D eigenvalue weighted by molar-refractivity contribution is 7.91. The van der Waals surface area contributed by atoms with Crippen molar-refractivity contribution >= 4 is 27.4 Å². The van der Waals surface area contributed by atoms with Gasteiger partial charge < -0.3 is 10.2 Å². The lowest BCUT2D eigenvalue weighted by Crippen LogP contribution is -2.41. The van der Waals surface area contributed by atoms with Crippen LogP contribution in [0.4, 0.5) is 11.6 Å². The van der Waals surface area contributed by atoms with E-state index in [4.69, 9.17) is 0 Å². The Bertz CT molecular complexity index is 913. The van der Waals surface area contributed by atoms with Crippen LogP contribution in [0.5, 0.6) is 0 Å². The summed E-state index contributed by atoms with van der Waals surface area (Å²) in [6, 6.07) is 7.64. The van der Waals surface area contributed by atoms with Crippen molar-refractivity contribution in [2.45, 2.75) is 32.7 Å². The fraction of sp³-hybridized carbons (Fsp3) is 0.421. The lowest BCUT2D eigenvalue weighted by molar-refractivity contribution is 0.0707. The van der Waals surface area contributed by atoms with E-state index in [0.29, 0.717) is 24.5 Å². The van der Waals surface area contributed by atoms with Crippen molar-refractivity contribution in [2.75, 3.05) is 23.4 Å². The second-order valence-electron chi connectivity index (χ2n) is 6.58. The standard InChI is InChI=1S/C19H24N4O3S/c1-3-14-7-5-6-8-17(14)22-19-20-11-15(12-21-19)18(24)23(4-2)16-9-10-27(25,26)13-16/h5-8,11-12,16H,3-4,9-10,13H2,1-2H3,(H,20,21,22). The molecule has 1 atom stereocenters. The highest BCUT2D eigenvalue weighted by atomic mass is 32.2. The zero-order valence-electron chi connectivity index (χ0n) is 15.6. The van der Waals surface area contributed by atoms with E-state index in [0.717, 1.165) is 17.7 Å². The van der Waals surface area contributed by atoms with Crippen LogP contribution in [0.2, 0.25) is 0 Å². The van der Waals surface area contributed by atoms with Crippen molar-refractivity contribution in [3.63, 3.8) is 0 Å². The van der Waals surface area contributed by atoms with Crippen LogP contribution in [-0.4, -0.2) is 53.3 Å². The Morgan fingerprint density at radius 2 is 1.93 bits per heavy atom. The lowest BCUT2D eigenvalue weighted by atomic mass is 10.1. The maximum absolute atomic E-state index is 12.8. The molecule has 2 heterocycles. The van der Waals surface area contributed by atoms with Gasteiger partial charge in [-0.25, -0.2) is 18.4 Å².